The first-order valence-electron chi connectivity index (χ1n) is 13.3. The lowest BCUT2D eigenvalue weighted by Crippen LogP contribution is -2.51. The Bertz CT molecular complexity index is 1730. The van der Waals surface area contributed by atoms with Gasteiger partial charge in [0.25, 0.3) is 11.8 Å². The minimum atomic E-state index is -0.968. The van der Waals surface area contributed by atoms with Crippen LogP contribution in [0.1, 0.15) is 32.7 Å². The predicted molar refractivity (Wildman–Crippen MR) is 144 cm³/mol. The summed E-state index contributed by atoms with van der Waals surface area (Å²) < 4.78 is 6.06. The Hall–Kier alpha value is -3.98. The quantitative estimate of drug-likeness (QED) is 0.185. The molecule has 13 nitrogen and oxygen atoms in total. The van der Waals surface area contributed by atoms with E-state index in [2.05, 4.69) is 10.4 Å². The molecule has 8 N–H and O–H groups in total. The number of aliphatic hydroxyl groups is 6. The standard InChI is InChI=1S/C28H28N4O9/c33-8-11(9-34)30-32-27(39)23-21-14-3-1-12(36)5-16(14)29-25(21)26-22(24(23)28(32)40)15-4-2-13(37)6-17(15)31(26)20-7-18(38)19(10-35)41-20/h1-2,4-6,11,17-20,29-30,33-38H,3,7-10H2/t17?,18-,19+,20+/m0/s1. The first kappa shape index (κ1) is 26.0. The molecule has 1 unspecified atom stereocenters. The largest absolute Gasteiger partial charge is 0.508 e. The number of carbonyl (C=O) groups is 2. The van der Waals surface area contributed by atoms with Gasteiger partial charge in [-0.25, -0.2) is 10.4 Å². The number of allylic oxidation sites excluding steroid dienone is 3. The van der Waals surface area contributed by atoms with Gasteiger partial charge in [0.1, 0.15) is 23.9 Å². The average Bonchev–Trinajstić information content (AvgIpc) is 3.67. The van der Waals surface area contributed by atoms with E-state index in [1.807, 2.05) is 4.90 Å². The smallest absolute Gasteiger partial charge is 0.276 e. The number of nitrogens with one attached hydrogen (secondary N) is 2. The number of aromatic amines is 1. The van der Waals surface area contributed by atoms with Crippen molar-refractivity contribution < 1.29 is 45.0 Å². The molecule has 2 aromatic rings. The number of ether oxygens (including phenoxy) is 1. The summed E-state index contributed by atoms with van der Waals surface area (Å²) in [5.41, 5.74) is 5.20. The van der Waals surface area contributed by atoms with Crippen LogP contribution in [0.5, 0.6) is 0 Å². The van der Waals surface area contributed by atoms with Gasteiger partial charge in [-0.2, -0.15) is 0 Å². The third-order valence-electron chi connectivity index (χ3n) is 8.38. The van der Waals surface area contributed by atoms with E-state index in [0.717, 1.165) is 5.01 Å². The lowest BCUT2D eigenvalue weighted by Gasteiger charge is -2.34. The zero-order chi connectivity index (χ0) is 28.7. The summed E-state index contributed by atoms with van der Waals surface area (Å²) in [4.78, 5) is 33.1. The van der Waals surface area contributed by atoms with Crippen LogP contribution in [-0.2, 0) is 11.2 Å². The molecule has 214 valence electrons. The van der Waals surface area contributed by atoms with E-state index < -0.39 is 62.2 Å². The molecule has 5 aliphatic rings. The van der Waals surface area contributed by atoms with Crippen LogP contribution in [0.15, 0.2) is 35.8 Å². The van der Waals surface area contributed by atoms with Gasteiger partial charge in [0.05, 0.1) is 60.3 Å². The molecule has 1 aromatic heterocycles. The number of carbonyl (C=O) groups excluding carboxylic acids is 2. The number of imide groups is 1. The highest BCUT2D eigenvalue weighted by molar-refractivity contribution is 6.28. The fraction of sp³-hybridized carbons (Fsp3) is 0.357. The second-order valence-corrected chi connectivity index (χ2v) is 10.7. The molecular weight excluding hydrogens is 536 g/mol. The van der Waals surface area contributed by atoms with Crippen LogP contribution in [0.4, 0.5) is 5.69 Å². The number of hydrogen-bond donors (Lipinski definition) is 8. The third-order valence-corrected chi connectivity index (χ3v) is 8.38. The lowest BCUT2D eigenvalue weighted by atomic mass is 9.93. The van der Waals surface area contributed by atoms with Crippen LogP contribution in [0, 0.1) is 0 Å². The molecule has 2 amide bonds. The van der Waals surface area contributed by atoms with Crippen molar-refractivity contribution >= 4 is 40.1 Å². The number of H-pyrrole nitrogens is 1. The number of nitrogens with zero attached hydrogens (tertiary/aromatic N) is 2. The topological polar surface area (TPSA) is 199 Å². The van der Waals surface area contributed by atoms with E-state index in [-0.39, 0.29) is 35.5 Å². The van der Waals surface area contributed by atoms with Crippen molar-refractivity contribution in [1.29, 1.82) is 0 Å². The van der Waals surface area contributed by atoms with E-state index in [1.54, 1.807) is 18.2 Å². The Morgan fingerprint density at radius 1 is 1.07 bits per heavy atom. The first-order chi connectivity index (χ1) is 19.8. The van der Waals surface area contributed by atoms with Crippen molar-refractivity contribution in [2.75, 3.05) is 24.7 Å². The highest BCUT2D eigenvalue weighted by Crippen LogP contribution is 2.43. The number of fused-ring (bicyclic) bond motifs is 9. The molecule has 3 aliphatic heterocycles. The second kappa shape index (κ2) is 9.27. The van der Waals surface area contributed by atoms with E-state index in [4.69, 9.17) is 4.74 Å². The minimum Gasteiger partial charge on any atom is -0.508 e. The predicted octanol–water partition coefficient (Wildman–Crippen LogP) is -1.78. The number of rotatable bonds is 6. The lowest BCUT2D eigenvalue weighted by molar-refractivity contribution is -0.0225. The summed E-state index contributed by atoms with van der Waals surface area (Å²) in [6, 6.07) is -1.60. The number of amides is 2. The number of anilines is 1. The van der Waals surface area contributed by atoms with Gasteiger partial charge in [0, 0.05) is 28.5 Å². The third kappa shape index (κ3) is 3.57. The Labute approximate surface area is 231 Å². The number of aromatic nitrogens is 1. The molecule has 4 heterocycles. The van der Waals surface area contributed by atoms with Gasteiger partial charge in [-0.3, -0.25) is 9.59 Å². The SMILES string of the molecule is O=C1c2c(c3c4c([nH]c3c3c2=C2C=CC(O)=CC2N3[C@H]2C[C@H](O)[C@@H](CO)O2)=CC(O)=CC4)C(=O)N1NC(CO)CO. The summed E-state index contributed by atoms with van der Waals surface area (Å²) in [7, 11) is 0. The molecule has 0 radical (unpaired) electrons. The maximum Gasteiger partial charge on any atom is 0.276 e. The molecule has 13 heteroatoms. The molecule has 41 heavy (non-hydrogen) atoms. The van der Waals surface area contributed by atoms with Gasteiger partial charge in [-0.1, -0.05) is 6.08 Å². The van der Waals surface area contributed by atoms with Crippen LogP contribution in [-0.4, -0.2) is 103 Å². The fourth-order valence-electron chi connectivity index (χ4n) is 6.53. The van der Waals surface area contributed by atoms with Crippen molar-refractivity contribution in [3.05, 3.63) is 63.1 Å². The molecule has 1 aromatic carbocycles. The molecule has 0 spiro atoms. The van der Waals surface area contributed by atoms with Gasteiger partial charge >= 0.3 is 0 Å². The van der Waals surface area contributed by atoms with Crippen molar-refractivity contribution in [3.63, 3.8) is 0 Å². The zero-order valence-electron chi connectivity index (χ0n) is 21.6. The van der Waals surface area contributed by atoms with Crippen molar-refractivity contribution in [2.24, 2.45) is 0 Å². The maximum atomic E-state index is 14.0. The Morgan fingerprint density at radius 3 is 2.54 bits per heavy atom. The minimum absolute atomic E-state index is 0.0191. The molecule has 2 aliphatic carbocycles. The molecular formula is C28H28N4O9. The van der Waals surface area contributed by atoms with Gasteiger partial charge in [-0.15, -0.1) is 0 Å². The number of hydrogen-bond acceptors (Lipinski definition) is 11. The monoisotopic (exact) mass is 564 g/mol. The average molecular weight is 565 g/mol. The first-order valence-corrected chi connectivity index (χ1v) is 13.3. The van der Waals surface area contributed by atoms with Crippen molar-refractivity contribution in [3.8, 4) is 0 Å². The molecule has 4 atom stereocenters. The highest BCUT2D eigenvalue weighted by atomic mass is 16.5. The van der Waals surface area contributed by atoms with Gasteiger partial charge in [0.15, 0.2) is 0 Å². The van der Waals surface area contributed by atoms with Gasteiger partial charge in [-0.05, 0) is 35.8 Å². The number of benzene rings is 1. The molecule has 0 saturated carbocycles. The van der Waals surface area contributed by atoms with Crippen LogP contribution < -0.4 is 20.9 Å². The summed E-state index contributed by atoms with van der Waals surface area (Å²) >= 11 is 0. The van der Waals surface area contributed by atoms with E-state index in [1.165, 1.54) is 12.2 Å². The summed E-state index contributed by atoms with van der Waals surface area (Å²) in [5.74, 6) is -1.31. The van der Waals surface area contributed by atoms with Crippen LogP contribution in [0.2, 0.25) is 0 Å². The number of aliphatic hydroxyl groups excluding tert-OH is 6. The molecule has 1 saturated heterocycles. The van der Waals surface area contributed by atoms with E-state index in [9.17, 15) is 40.2 Å². The Kier molecular flexibility index (Phi) is 5.87. The summed E-state index contributed by atoms with van der Waals surface area (Å²) in [6.45, 7) is -1.45. The molecule has 7 rings (SSSR count). The van der Waals surface area contributed by atoms with Crippen LogP contribution >= 0.6 is 0 Å². The zero-order valence-corrected chi connectivity index (χ0v) is 21.6. The van der Waals surface area contributed by atoms with E-state index in [0.29, 0.717) is 38.3 Å². The Morgan fingerprint density at radius 2 is 1.83 bits per heavy atom. The van der Waals surface area contributed by atoms with Crippen LogP contribution in [0.3, 0.4) is 0 Å². The van der Waals surface area contributed by atoms with Crippen molar-refractivity contribution in [2.45, 2.75) is 43.4 Å². The molecule has 0 bridgehead atoms. The molecule has 1 fully saturated rings. The van der Waals surface area contributed by atoms with Crippen LogP contribution in [0.25, 0.3) is 22.6 Å². The highest BCUT2D eigenvalue weighted by Gasteiger charge is 2.49. The number of hydrazine groups is 1. The van der Waals surface area contributed by atoms with Gasteiger partial charge in [0.2, 0.25) is 0 Å². The maximum absolute atomic E-state index is 14.0. The summed E-state index contributed by atoms with van der Waals surface area (Å²) in [5, 5.41) is 62.6. The van der Waals surface area contributed by atoms with Crippen molar-refractivity contribution in [1.82, 2.24) is 15.4 Å². The van der Waals surface area contributed by atoms with Gasteiger partial charge < -0.3 is 45.3 Å². The summed E-state index contributed by atoms with van der Waals surface area (Å²) in [6.07, 6.45) is 5.73. The fourth-order valence-corrected chi connectivity index (χ4v) is 6.53. The van der Waals surface area contributed by atoms with E-state index >= 15 is 0 Å². The second-order valence-electron chi connectivity index (χ2n) is 10.7. The normalized spacial score (nSPS) is 26.4. The Balaban J connectivity index is 1.55.